The van der Waals surface area contributed by atoms with Gasteiger partial charge in [0, 0.05) is 55.7 Å². The van der Waals surface area contributed by atoms with Gasteiger partial charge >= 0.3 is 6.61 Å². The van der Waals surface area contributed by atoms with Gasteiger partial charge in [-0.1, -0.05) is 31.5 Å². The summed E-state index contributed by atoms with van der Waals surface area (Å²) >= 11 is 6.20. The fraction of sp³-hybridized carbons (Fsp3) is 0.393. The predicted octanol–water partition coefficient (Wildman–Crippen LogP) is 4.88. The first kappa shape index (κ1) is 30.8. The maximum absolute atomic E-state index is 13.3. The largest absolute Gasteiger partial charge is 0.434 e. The Morgan fingerprint density at radius 1 is 1.24 bits per heavy atom. The average Bonchev–Trinajstić information content (AvgIpc) is 3.53. The smallest absolute Gasteiger partial charge is 0.387 e. The number of carbonyl (C=O) groups is 2. The summed E-state index contributed by atoms with van der Waals surface area (Å²) < 4.78 is 33.9. The third-order valence-corrected chi connectivity index (χ3v) is 6.76. The van der Waals surface area contributed by atoms with Crippen LogP contribution in [-0.4, -0.2) is 87.2 Å². The standard InChI is InChI=1S/C28H33ClF2N8O3/c1-5-8-39-26(32-4)21(14-33-39)27(41)34-22-16-38(17-24(40)37-11-9-36(10-12-37)15-18(2)3)35-25(22)20-13-19(29)6-7-23(20)42-28(30)31/h5-8,13-14,16,18,28H,4,9-12,15,17H2,1-3H3,(H,34,41)/b8-5-. The lowest BCUT2D eigenvalue weighted by Crippen LogP contribution is -2.50. The lowest BCUT2D eigenvalue weighted by atomic mass is 10.1. The van der Waals surface area contributed by atoms with Crippen molar-refractivity contribution in [2.45, 2.75) is 33.9 Å². The van der Waals surface area contributed by atoms with Gasteiger partial charge in [-0.25, -0.2) is 9.67 Å². The summed E-state index contributed by atoms with van der Waals surface area (Å²) in [6.07, 6.45) is 6.12. The highest BCUT2D eigenvalue weighted by Gasteiger charge is 2.25. The number of allylic oxidation sites excluding steroid dienone is 1. The molecular formula is C28H33ClF2N8O3. The molecule has 1 fully saturated rings. The number of hydrogen-bond donors (Lipinski definition) is 1. The summed E-state index contributed by atoms with van der Waals surface area (Å²) in [6, 6.07) is 4.09. The van der Waals surface area contributed by atoms with Gasteiger partial charge in [0.05, 0.1) is 11.9 Å². The van der Waals surface area contributed by atoms with Crippen LogP contribution in [0.15, 0.2) is 41.7 Å². The second-order valence-electron chi connectivity index (χ2n) is 10.1. The third-order valence-electron chi connectivity index (χ3n) is 6.52. The number of rotatable bonds is 11. The van der Waals surface area contributed by atoms with Gasteiger partial charge in [-0.3, -0.25) is 19.2 Å². The Bertz CT molecular complexity index is 1460. The molecule has 42 heavy (non-hydrogen) atoms. The Balaban J connectivity index is 1.65. The van der Waals surface area contributed by atoms with E-state index in [-0.39, 0.29) is 51.6 Å². The quantitative estimate of drug-likeness (QED) is 0.313. The van der Waals surface area contributed by atoms with Crippen LogP contribution in [0, 0.1) is 5.92 Å². The van der Waals surface area contributed by atoms with E-state index in [2.05, 4.69) is 46.0 Å². The van der Waals surface area contributed by atoms with Gasteiger partial charge in [0.25, 0.3) is 5.91 Å². The molecule has 11 nitrogen and oxygen atoms in total. The van der Waals surface area contributed by atoms with Crippen LogP contribution in [0.5, 0.6) is 5.75 Å². The number of carbonyl (C=O) groups excluding carboxylic acids is 2. The zero-order valence-corrected chi connectivity index (χ0v) is 24.4. The maximum atomic E-state index is 13.3. The highest BCUT2D eigenvalue weighted by molar-refractivity contribution is 6.31. The molecule has 1 aliphatic heterocycles. The van der Waals surface area contributed by atoms with Gasteiger partial charge < -0.3 is 15.0 Å². The van der Waals surface area contributed by atoms with E-state index in [1.54, 1.807) is 24.1 Å². The molecule has 4 rings (SSSR count). The number of amides is 2. The maximum Gasteiger partial charge on any atom is 0.387 e. The van der Waals surface area contributed by atoms with E-state index in [0.29, 0.717) is 19.0 Å². The van der Waals surface area contributed by atoms with E-state index in [9.17, 15) is 18.4 Å². The normalized spacial score (nSPS) is 14.2. The molecule has 3 heterocycles. The van der Waals surface area contributed by atoms with Crippen LogP contribution >= 0.6 is 11.6 Å². The summed E-state index contributed by atoms with van der Waals surface area (Å²) in [5.74, 6) is -0.218. The molecule has 1 N–H and O–H groups in total. The number of nitrogens with zero attached hydrogens (tertiary/aromatic N) is 7. The van der Waals surface area contributed by atoms with Crippen molar-refractivity contribution < 1.29 is 23.1 Å². The summed E-state index contributed by atoms with van der Waals surface area (Å²) in [4.78, 5) is 34.5. The average molecular weight is 603 g/mol. The number of piperazine rings is 1. The van der Waals surface area contributed by atoms with E-state index >= 15 is 0 Å². The van der Waals surface area contributed by atoms with E-state index in [0.717, 1.165) is 19.6 Å². The molecule has 2 aromatic heterocycles. The van der Waals surface area contributed by atoms with Crippen molar-refractivity contribution in [2.75, 3.05) is 38.0 Å². The fourth-order valence-corrected chi connectivity index (χ4v) is 4.90. The van der Waals surface area contributed by atoms with Crippen LogP contribution in [-0.2, 0) is 11.3 Å². The van der Waals surface area contributed by atoms with Gasteiger partial charge in [0.2, 0.25) is 5.91 Å². The number of ether oxygens (including phenoxy) is 1. The molecule has 2 amide bonds. The van der Waals surface area contributed by atoms with Gasteiger partial charge in [-0.2, -0.15) is 19.0 Å². The monoisotopic (exact) mass is 602 g/mol. The minimum atomic E-state index is -3.11. The van der Waals surface area contributed by atoms with Gasteiger partial charge in [-0.15, -0.1) is 0 Å². The molecule has 1 aliphatic rings. The SMILES string of the molecule is C=Nc1c(C(=O)Nc2cn(CC(=O)N3CCN(CC(C)C)CC3)nc2-c2cc(Cl)ccc2OC(F)F)cnn1/C=C\C. The number of alkyl halides is 2. The minimum absolute atomic E-state index is 0.0880. The first-order chi connectivity index (χ1) is 20.1. The molecule has 0 saturated carbocycles. The zero-order chi connectivity index (χ0) is 30.4. The molecule has 0 bridgehead atoms. The second kappa shape index (κ2) is 13.7. The van der Waals surface area contributed by atoms with Crippen molar-refractivity contribution in [2.24, 2.45) is 10.9 Å². The van der Waals surface area contributed by atoms with Crippen molar-refractivity contribution in [1.29, 1.82) is 0 Å². The van der Waals surface area contributed by atoms with Gasteiger partial charge in [-0.05, 0) is 37.8 Å². The van der Waals surface area contributed by atoms with Crippen LogP contribution in [0.3, 0.4) is 0 Å². The topological polar surface area (TPSA) is 110 Å². The van der Waals surface area contributed by atoms with Crippen LogP contribution in [0.25, 0.3) is 17.5 Å². The minimum Gasteiger partial charge on any atom is -0.434 e. The first-order valence-electron chi connectivity index (χ1n) is 13.4. The van der Waals surface area contributed by atoms with Crippen molar-refractivity contribution in [3.8, 4) is 17.0 Å². The Hall–Kier alpha value is -4.10. The summed E-state index contributed by atoms with van der Waals surface area (Å²) in [7, 11) is 0. The highest BCUT2D eigenvalue weighted by Crippen LogP contribution is 2.37. The van der Waals surface area contributed by atoms with E-state index in [1.807, 2.05) is 0 Å². The number of nitrogens with one attached hydrogen (secondary N) is 1. The predicted molar refractivity (Wildman–Crippen MR) is 158 cm³/mol. The van der Waals surface area contributed by atoms with E-state index in [4.69, 9.17) is 16.3 Å². The Labute approximate surface area is 247 Å². The number of aromatic nitrogens is 4. The molecular weight excluding hydrogens is 570 g/mol. The van der Waals surface area contributed by atoms with Crippen LogP contribution < -0.4 is 10.1 Å². The number of anilines is 1. The summed E-state index contributed by atoms with van der Waals surface area (Å²) in [5, 5.41) is 11.6. The van der Waals surface area contributed by atoms with Crippen molar-refractivity contribution in [3.63, 3.8) is 0 Å². The highest BCUT2D eigenvalue weighted by atomic mass is 35.5. The van der Waals surface area contributed by atoms with E-state index < -0.39 is 12.5 Å². The number of hydrogen-bond acceptors (Lipinski definition) is 7. The Morgan fingerprint density at radius 2 is 1.98 bits per heavy atom. The zero-order valence-electron chi connectivity index (χ0n) is 23.6. The second-order valence-corrected chi connectivity index (χ2v) is 10.5. The lowest BCUT2D eigenvalue weighted by molar-refractivity contribution is -0.133. The molecule has 0 aliphatic carbocycles. The van der Waals surface area contributed by atoms with Crippen molar-refractivity contribution >= 4 is 47.8 Å². The number of benzene rings is 1. The molecule has 3 aromatic rings. The number of halogens is 3. The van der Waals surface area contributed by atoms with Crippen LogP contribution in [0.4, 0.5) is 20.3 Å². The molecule has 14 heteroatoms. The third kappa shape index (κ3) is 7.39. The molecule has 0 radical (unpaired) electrons. The van der Waals surface area contributed by atoms with Crippen molar-refractivity contribution in [3.05, 3.63) is 47.3 Å². The molecule has 1 aromatic carbocycles. The first-order valence-corrected chi connectivity index (χ1v) is 13.8. The Morgan fingerprint density at radius 3 is 2.62 bits per heavy atom. The van der Waals surface area contributed by atoms with Crippen LogP contribution in [0.1, 0.15) is 31.1 Å². The molecule has 0 unspecified atom stereocenters. The van der Waals surface area contributed by atoms with Crippen molar-refractivity contribution in [1.82, 2.24) is 29.4 Å². The lowest BCUT2D eigenvalue weighted by Gasteiger charge is -2.35. The Kier molecular flexibility index (Phi) is 10.1. The van der Waals surface area contributed by atoms with Crippen LogP contribution in [0.2, 0.25) is 5.02 Å². The molecule has 0 atom stereocenters. The summed E-state index contributed by atoms with van der Waals surface area (Å²) in [5.41, 5.74) is 0.459. The molecule has 224 valence electrons. The van der Waals surface area contributed by atoms with E-state index in [1.165, 1.54) is 40.0 Å². The summed E-state index contributed by atoms with van der Waals surface area (Å²) in [6.45, 7) is 10.0. The number of aliphatic imine (C=N–C) groups is 1. The fourth-order valence-electron chi connectivity index (χ4n) is 4.73. The van der Waals surface area contributed by atoms with Gasteiger partial charge in [0.15, 0.2) is 5.82 Å². The molecule has 0 spiro atoms. The molecule has 1 saturated heterocycles. The van der Waals surface area contributed by atoms with Gasteiger partial charge in [0.1, 0.15) is 23.6 Å².